The maximum absolute atomic E-state index is 12.3. The molecule has 0 aromatic carbocycles. The Morgan fingerprint density at radius 3 is 2.83 bits per heavy atom. The molecule has 1 atom stereocenters. The Balaban J connectivity index is 2.02. The van der Waals surface area contributed by atoms with E-state index in [1.165, 1.54) is 0 Å². The summed E-state index contributed by atoms with van der Waals surface area (Å²) in [4.78, 5) is 0. The van der Waals surface area contributed by atoms with Crippen molar-refractivity contribution < 1.29 is 13.5 Å². The molecule has 0 radical (unpaired) electrons. The van der Waals surface area contributed by atoms with Gasteiger partial charge in [0.15, 0.2) is 0 Å². The highest BCUT2D eigenvalue weighted by Crippen LogP contribution is 2.12. The van der Waals surface area contributed by atoms with Crippen LogP contribution in [0.5, 0.6) is 0 Å². The van der Waals surface area contributed by atoms with Crippen molar-refractivity contribution in [3.63, 3.8) is 0 Å². The van der Waals surface area contributed by atoms with Crippen LogP contribution in [0.4, 0.5) is 8.78 Å². The molecule has 72 valence electrons. The summed E-state index contributed by atoms with van der Waals surface area (Å²) in [5.74, 6) is -2.70. The Bertz CT molecular complexity index is 130. The summed E-state index contributed by atoms with van der Waals surface area (Å²) in [6.45, 7) is 1.79. The Morgan fingerprint density at radius 2 is 2.33 bits per heavy atom. The van der Waals surface area contributed by atoms with E-state index in [4.69, 9.17) is 4.74 Å². The molecule has 0 aliphatic carbocycles. The molecular formula is C8H15F2NO. The van der Waals surface area contributed by atoms with Crippen LogP contribution < -0.4 is 5.32 Å². The summed E-state index contributed by atoms with van der Waals surface area (Å²) in [5.41, 5.74) is 0. The smallest absolute Gasteiger partial charge is 0.268 e. The van der Waals surface area contributed by atoms with Crippen LogP contribution >= 0.6 is 0 Å². The van der Waals surface area contributed by atoms with Gasteiger partial charge in [-0.1, -0.05) is 0 Å². The predicted molar refractivity (Wildman–Crippen MR) is 42.5 cm³/mol. The predicted octanol–water partition coefficient (Wildman–Crippen LogP) is 1.41. The molecule has 1 fully saturated rings. The summed E-state index contributed by atoms with van der Waals surface area (Å²) in [6.07, 6.45) is 2.16. The molecule has 1 heterocycles. The lowest BCUT2D eigenvalue weighted by Crippen LogP contribution is -2.29. The molecule has 0 aromatic rings. The fourth-order valence-corrected chi connectivity index (χ4v) is 1.28. The highest BCUT2D eigenvalue weighted by atomic mass is 19.3. The van der Waals surface area contributed by atoms with Crippen LogP contribution in [0, 0.1) is 0 Å². The fraction of sp³-hybridized carbons (Fsp3) is 1.00. The van der Waals surface area contributed by atoms with Gasteiger partial charge in [-0.2, -0.15) is 0 Å². The van der Waals surface area contributed by atoms with E-state index < -0.39 is 12.5 Å². The maximum atomic E-state index is 12.3. The van der Waals surface area contributed by atoms with Crippen molar-refractivity contribution >= 4 is 0 Å². The van der Waals surface area contributed by atoms with E-state index in [2.05, 4.69) is 5.32 Å². The van der Waals surface area contributed by atoms with Crippen molar-refractivity contribution in [2.24, 2.45) is 0 Å². The van der Waals surface area contributed by atoms with Gasteiger partial charge in [0.05, 0.1) is 6.61 Å². The minimum absolute atomic E-state index is 0.285. The first-order chi connectivity index (χ1) is 5.58. The molecule has 2 nitrogen and oxygen atoms in total. The van der Waals surface area contributed by atoms with Crippen LogP contribution in [-0.4, -0.2) is 31.7 Å². The molecule has 1 N–H and O–H groups in total. The molecule has 1 saturated heterocycles. The van der Waals surface area contributed by atoms with Gasteiger partial charge < -0.3 is 10.1 Å². The Labute approximate surface area is 71.3 Å². The number of hydrogen-bond donors (Lipinski definition) is 1. The van der Waals surface area contributed by atoms with E-state index in [-0.39, 0.29) is 6.04 Å². The summed E-state index contributed by atoms with van der Waals surface area (Å²) in [7, 11) is 0. The van der Waals surface area contributed by atoms with Crippen LogP contribution in [0.3, 0.4) is 0 Å². The van der Waals surface area contributed by atoms with Crippen molar-refractivity contribution in [1.82, 2.24) is 5.32 Å². The van der Waals surface area contributed by atoms with Gasteiger partial charge in [-0.15, -0.1) is 0 Å². The van der Waals surface area contributed by atoms with Crippen LogP contribution in [0.2, 0.25) is 0 Å². The first-order valence-corrected chi connectivity index (χ1v) is 4.27. The third-order valence-electron chi connectivity index (χ3n) is 1.84. The lowest BCUT2D eigenvalue weighted by atomic mass is 10.2. The Morgan fingerprint density at radius 1 is 1.58 bits per heavy atom. The second-order valence-corrected chi connectivity index (χ2v) is 3.38. The van der Waals surface area contributed by atoms with Gasteiger partial charge in [0, 0.05) is 13.0 Å². The quantitative estimate of drug-likeness (QED) is 0.704. The minimum atomic E-state index is -2.70. The van der Waals surface area contributed by atoms with Crippen LogP contribution in [0.25, 0.3) is 0 Å². The van der Waals surface area contributed by atoms with Crippen LogP contribution in [0.15, 0.2) is 0 Å². The first kappa shape index (κ1) is 9.86. The van der Waals surface area contributed by atoms with Gasteiger partial charge in [0.2, 0.25) is 0 Å². The minimum Gasteiger partial charge on any atom is -0.374 e. The van der Waals surface area contributed by atoms with Gasteiger partial charge in [-0.25, -0.2) is 8.78 Å². The number of ether oxygens (including phenoxy) is 1. The highest BCUT2D eigenvalue weighted by molar-refractivity contribution is 4.73. The van der Waals surface area contributed by atoms with E-state index in [0.29, 0.717) is 6.61 Å². The highest BCUT2D eigenvalue weighted by Gasteiger charge is 2.22. The van der Waals surface area contributed by atoms with E-state index in [1.807, 2.05) is 0 Å². The van der Waals surface area contributed by atoms with E-state index in [9.17, 15) is 8.78 Å². The summed E-state index contributed by atoms with van der Waals surface area (Å²) in [5, 5.41) is 3.17. The van der Waals surface area contributed by atoms with Crippen LogP contribution in [-0.2, 0) is 4.74 Å². The standard InChI is InChI=1S/C8H15F2NO/c1-8(9,10)6-12-5-7-3-2-4-11-7/h7,11H,2-6H2,1H3. The monoisotopic (exact) mass is 179 g/mol. The Hall–Kier alpha value is -0.220. The van der Waals surface area contributed by atoms with Crippen molar-refractivity contribution in [2.75, 3.05) is 19.8 Å². The molecule has 12 heavy (non-hydrogen) atoms. The van der Waals surface area contributed by atoms with Gasteiger partial charge in [-0.05, 0) is 19.4 Å². The van der Waals surface area contributed by atoms with Gasteiger partial charge in [0.25, 0.3) is 5.92 Å². The molecule has 0 aromatic heterocycles. The summed E-state index contributed by atoms with van der Waals surface area (Å²) >= 11 is 0. The molecule has 1 aliphatic rings. The zero-order valence-electron chi connectivity index (χ0n) is 7.28. The zero-order chi connectivity index (χ0) is 9.03. The lowest BCUT2D eigenvalue weighted by Gasteiger charge is -2.14. The molecule has 1 rings (SSSR count). The molecule has 1 unspecified atom stereocenters. The number of hydrogen-bond acceptors (Lipinski definition) is 2. The molecule has 0 spiro atoms. The molecule has 0 bridgehead atoms. The van der Waals surface area contributed by atoms with Crippen molar-refractivity contribution in [3.8, 4) is 0 Å². The van der Waals surface area contributed by atoms with Gasteiger partial charge in [-0.3, -0.25) is 0 Å². The second kappa shape index (κ2) is 4.14. The maximum Gasteiger partial charge on any atom is 0.268 e. The van der Waals surface area contributed by atoms with Crippen molar-refractivity contribution in [1.29, 1.82) is 0 Å². The number of halogens is 2. The topological polar surface area (TPSA) is 21.3 Å². The van der Waals surface area contributed by atoms with Crippen LogP contribution in [0.1, 0.15) is 19.8 Å². The van der Waals surface area contributed by atoms with E-state index in [1.54, 1.807) is 0 Å². The molecular weight excluding hydrogens is 164 g/mol. The van der Waals surface area contributed by atoms with Gasteiger partial charge in [0.1, 0.15) is 6.61 Å². The fourth-order valence-electron chi connectivity index (χ4n) is 1.28. The van der Waals surface area contributed by atoms with E-state index >= 15 is 0 Å². The lowest BCUT2D eigenvalue weighted by molar-refractivity contribution is -0.0654. The molecule has 0 saturated carbocycles. The zero-order valence-corrected chi connectivity index (χ0v) is 7.28. The second-order valence-electron chi connectivity index (χ2n) is 3.38. The third kappa shape index (κ3) is 3.97. The Kier molecular flexibility index (Phi) is 3.40. The third-order valence-corrected chi connectivity index (χ3v) is 1.84. The number of alkyl halides is 2. The molecule has 0 amide bonds. The molecule has 4 heteroatoms. The summed E-state index contributed by atoms with van der Waals surface area (Å²) in [6, 6.07) is 0.285. The average molecular weight is 179 g/mol. The first-order valence-electron chi connectivity index (χ1n) is 4.27. The normalized spacial score (nSPS) is 24.8. The van der Waals surface area contributed by atoms with Crippen molar-refractivity contribution in [2.45, 2.75) is 31.7 Å². The average Bonchev–Trinajstić information content (AvgIpc) is 2.36. The van der Waals surface area contributed by atoms with Crippen molar-refractivity contribution in [3.05, 3.63) is 0 Å². The largest absolute Gasteiger partial charge is 0.374 e. The number of nitrogens with one attached hydrogen (secondary N) is 1. The van der Waals surface area contributed by atoms with E-state index in [0.717, 1.165) is 26.3 Å². The summed E-state index contributed by atoms with van der Waals surface area (Å²) < 4.78 is 29.4. The molecule has 1 aliphatic heterocycles. The van der Waals surface area contributed by atoms with Gasteiger partial charge >= 0.3 is 0 Å². The SMILES string of the molecule is CC(F)(F)COCC1CCCN1. The number of rotatable bonds is 4.